The normalized spacial score (nSPS) is 19.9. The lowest BCUT2D eigenvalue weighted by Crippen LogP contribution is -2.44. The summed E-state index contributed by atoms with van der Waals surface area (Å²) in [6, 6.07) is 2.74. The van der Waals surface area contributed by atoms with E-state index >= 15 is 0 Å². The average Bonchev–Trinajstić information content (AvgIpc) is 2.45. The molecule has 7 heteroatoms. The highest BCUT2D eigenvalue weighted by molar-refractivity contribution is 5.37. The minimum atomic E-state index is -4.44. The molecule has 1 aliphatic heterocycles. The molecule has 1 aromatic heterocycles. The standard InChI is InChI=1S/C13H19F3N4/c1-2-20(9-10-5-3-4-8-17-10)12-7-6-11(18-19-12)13(14,15)16/h6-7,10,17H,2-5,8-9H2,1H3. The second-order valence-electron chi connectivity index (χ2n) is 4.96. The Morgan fingerprint density at radius 3 is 2.60 bits per heavy atom. The molecular weight excluding hydrogens is 269 g/mol. The van der Waals surface area contributed by atoms with Gasteiger partial charge in [0.05, 0.1) is 0 Å². The van der Waals surface area contributed by atoms with Crippen molar-refractivity contribution in [3.63, 3.8) is 0 Å². The molecule has 4 nitrogen and oxygen atoms in total. The van der Waals surface area contributed by atoms with Gasteiger partial charge in [0.2, 0.25) is 0 Å². The Bertz CT molecular complexity index is 413. The molecule has 0 saturated carbocycles. The molecular formula is C13H19F3N4. The third-order valence-electron chi connectivity index (χ3n) is 3.50. The number of hydrogen-bond donors (Lipinski definition) is 1. The van der Waals surface area contributed by atoms with Crippen LogP contribution in [0.4, 0.5) is 19.0 Å². The van der Waals surface area contributed by atoms with Gasteiger partial charge in [-0.3, -0.25) is 0 Å². The maximum atomic E-state index is 12.4. The molecule has 2 rings (SSSR count). The van der Waals surface area contributed by atoms with Crippen LogP contribution in [-0.4, -0.2) is 35.9 Å². The monoisotopic (exact) mass is 288 g/mol. The van der Waals surface area contributed by atoms with Crippen molar-refractivity contribution < 1.29 is 13.2 Å². The van der Waals surface area contributed by atoms with E-state index in [-0.39, 0.29) is 0 Å². The summed E-state index contributed by atoms with van der Waals surface area (Å²) in [6.07, 6.45) is -0.977. The van der Waals surface area contributed by atoms with Crippen LogP contribution in [0, 0.1) is 0 Å². The predicted octanol–water partition coefficient (Wildman–Crippen LogP) is 2.46. The maximum absolute atomic E-state index is 12.4. The van der Waals surface area contributed by atoms with Gasteiger partial charge in [-0.15, -0.1) is 10.2 Å². The molecule has 0 spiro atoms. The van der Waals surface area contributed by atoms with Gasteiger partial charge in [0.25, 0.3) is 0 Å². The molecule has 1 atom stereocenters. The van der Waals surface area contributed by atoms with Crippen LogP contribution in [0.3, 0.4) is 0 Å². The lowest BCUT2D eigenvalue weighted by Gasteiger charge is -2.30. The first kappa shape index (κ1) is 15.0. The topological polar surface area (TPSA) is 41.0 Å². The molecule has 112 valence electrons. The molecule has 1 fully saturated rings. The zero-order chi connectivity index (χ0) is 14.6. The highest BCUT2D eigenvalue weighted by Crippen LogP contribution is 2.27. The summed E-state index contributed by atoms with van der Waals surface area (Å²) in [4.78, 5) is 1.95. The smallest absolute Gasteiger partial charge is 0.354 e. The van der Waals surface area contributed by atoms with Crippen LogP contribution in [0.1, 0.15) is 31.9 Å². The van der Waals surface area contributed by atoms with Crippen molar-refractivity contribution in [3.05, 3.63) is 17.8 Å². The third-order valence-corrected chi connectivity index (χ3v) is 3.50. The zero-order valence-corrected chi connectivity index (χ0v) is 11.5. The van der Waals surface area contributed by atoms with Crippen LogP contribution >= 0.6 is 0 Å². The molecule has 1 unspecified atom stereocenters. The van der Waals surface area contributed by atoms with Gasteiger partial charge < -0.3 is 10.2 Å². The number of halogens is 3. The van der Waals surface area contributed by atoms with Gasteiger partial charge in [0.15, 0.2) is 11.5 Å². The fourth-order valence-corrected chi connectivity index (χ4v) is 2.38. The number of aromatic nitrogens is 2. The molecule has 0 aliphatic carbocycles. The first-order chi connectivity index (χ1) is 9.50. The van der Waals surface area contributed by atoms with Crippen molar-refractivity contribution in [1.29, 1.82) is 0 Å². The van der Waals surface area contributed by atoms with Crippen molar-refractivity contribution in [2.24, 2.45) is 0 Å². The van der Waals surface area contributed by atoms with E-state index in [4.69, 9.17) is 0 Å². The van der Waals surface area contributed by atoms with Crippen molar-refractivity contribution in [2.75, 3.05) is 24.5 Å². The Kier molecular flexibility index (Phi) is 4.80. The Hall–Kier alpha value is -1.37. The molecule has 1 aliphatic rings. The lowest BCUT2D eigenvalue weighted by atomic mass is 10.0. The number of nitrogens with one attached hydrogen (secondary N) is 1. The zero-order valence-electron chi connectivity index (χ0n) is 11.5. The lowest BCUT2D eigenvalue weighted by molar-refractivity contribution is -0.141. The number of likely N-dealkylation sites (N-methyl/N-ethyl adjacent to an activating group) is 1. The Balaban J connectivity index is 2.03. The van der Waals surface area contributed by atoms with Gasteiger partial charge >= 0.3 is 6.18 Å². The van der Waals surface area contributed by atoms with Crippen molar-refractivity contribution in [1.82, 2.24) is 15.5 Å². The van der Waals surface area contributed by atoms with E-state index in [9.17, 15) is 13.2 Å². The Morgan fingerprint density at radius 1 is 1.30 bits per heavy atom. The highest BCUT2D eigenvalue weighted by Gasteiger charge is 2.33. The SMILES string of the molecule is CCN(CC1CCCCN1)c1ccc(C(F)(F)F)nn1. The van der Waals surface area contributed by atoms with Gasteiger partial charge in [-0.05, 0) is 38.4 Å². The van der Waals surface area contributed by atoms with Gasteiger partial charge in [0, 0.05) is 19.1 Å². The van der Waals surface area contributed by atoms with Crippen LogP contribution in [0.15, 0.2) is 12.1 Å². The van der Waals surface area contributed by atoms with E-state index in [1.165, 1.54) is 18.9 Å². The molecule has 0 amide bonds. The summed E-state index contributed by atoms with van der Waals surface area (Å²) in [5.74, 6) is 0.493. The fourth-order valence-electron chi connectivity index (χ4n) is 2.38. The van der Waals surface area contributed by atoms with E-state index in [2.05, 4.69) is 15.5 Å². The van der Waals surface area contributed by atoms with Gasteiger partial charge in [-0.1, -0.05) is 6.42 Å². The fraction of sp³-hybridized carbons (Fsp3) is 0.692. The number of nitrogens with zero attached hydrogens (tertiary/aromatic N) is 3. The molecule has 1 N–H and O–H groups in total. The van der Waals surface area contributed by atoms with Crippen molar-refractivity contribution in [3.8, 4) is 0 Å². The predicted molar refractivity (Wildman–Crippen MR) is 70.6 cm³/mol. The minimum Gasteiger partial charge on any atom is -0.354 e. The van der Waals surface area contributed by atoms with Crippen LogP contribution < -0.4 is 10.2 Å². The van der Waals surface area contributed by atoms with Crippen molar-refractivity contribution in [2.45, 2.75) is 38.4 Å². The second-order valence-corrected chi connectivity index (χ2v) is 4.96. The summed E-state index contributed by atoms with van der Waals surface area (Å²) < 4.78 is 37.3. The van der Waals surface area contributed by atoms with Gasteiger partial charge in [-0.2, -0.15) is 13.2 Å². The van der Waals surface area contributed by atoms with E-state index in [0.29, 0.717) is 18.4 Å². The number of piperidine rings is 1. The third kappa shape index (κ3) is 3.82. The highest BCUT2D eigenvalue weighted by atomic mass is 19.4. The second kappa shape index (κ2) is 6.39. The minimum absolute atomic E-state index is 0.368. The number of hydrogen-bond acceptors (Lipinski definition) is 4. The molecule has 20 heavy (non-hydrogen) atoms. The van der Waals surface area contributed by atoms with Crippen LogP contribution in [0.2, 0.25) is 0 Å². The van der Waals surface area contributed by atoms with Crippen molar-refractivity contribution >= 4 is 5.82 Å². The van der Waals surface area contributed by atoms with Crippen LogP contribution in [0.25, 0.3) is 0 Å². The van der Waals surface area contributed by atoms with Gasteiger partial charge in [-0.25, -0.2) is 0 Å². The van der Waals surface area contributed by atoms with Crippen LogP contribution in [-0.2, 0) is 6.18 Å². The molecule has 0 aromatic carbocycles. The van der Waals surface area contributed by atoms with E-state index in [0.717, 1.165) is 25.6 Å². The first-order valence-corrected chi connectivity index (χ1v) is 6.90. The summed E-state index contributed by atoms with van der Waals surface area (Å²) in [5.41, 5.74) is -0.951. The maximum Gasteiger partial charge on any atom is 0.435 e. The van der Waals surface area contributed by atoms with Crippen LogP contribution in [0.5, 0.6) is 0 Å². The summed E-state index contributed by atoms with van der Waals surface area (Å²) in [7, 11) is 0. The van der Waals surface area contributed by atoms with E-state index in [1.54, 1.807) is 0 Å². The first-order valence-electron chi connectivity index (χ1n) is 6.90. The largest absolute Gasteiger partial charge is 0.435 e. The summed E-state index contributed by atoms with van der Waals surface area (Å²) >= 11 is 0. The number of anilines is 1. The van der Waals surface area contributed by atoms with Gasteiger partial charge in [0.1, 0.15) is 0 Å². The van der Waals surface area contributed by atoms with E-state index < -0.39 is 11.9 Å². The quantitative estimate of drug-likeness (QED) is 0.924. The summed E-state index contributed by atoms with van der Waals surface area (Å²) in [5, 5.41) is 10.4. The molecule has 0 bridgehead atoms. The van der Waals surface area contributed by atoms with E-state index in [1.807, 2.05) is 11.8 Å². The molecule has 0 radical (unpaired) electrons. The number of alkyl halides is 3. The molecule has 1 saturated heterocycles. The summed E-state index contributed by atoms with van der Waals surface area (Å²) in [6.45, 7) is 4.40. The average molecular weight is 288 g/mol. The molecule has 2 heterocycles. The Labute approximate surface area is 116 Å². The molecule has 1 aromatic rings. The Morgan fingerprint density at radius 2 is 2.10 bits per heavy atom. The number of rotatable bonds is 4.